The van der Waals surface area contributed by atoms with Crippen molar-refractivity contribution in [2.45, 2.75) is 12.8 Å². The fourth-order valence-electron chi connectivity index (χ4n) is 3.10. The van der Waals surface area contributed by atoms with Gasteiger partial charge in [-0.3, -0.25) is 9.59 Å². The number of nitrogens with one attached hydrogen (secondary N) is 1. The molecule has 1 amide bonds. The summed E-state index contributed by atoms with van der Waals surface area (Å²) >= 11 is 0. The average Bonchev–Trinajstić information content (AvgIpc) is 3.26. The minimum atomic E-state index is -0.205. The van der Waals surface area contributed by atoms with Gasteiger partial charge < -0.3 is 23.7 Å². The first kappa shape index (κ1) is 20.2. The lowest BCUT2D eigenvalue weighted by Gasteiger charge is -2.07. The number of aromatic nitrogens is 1. The summed E-state index contributed by atoms with van der Waals surface area (Å²) in [6.45, 7) is 0. The molecule has 0 bridgehead atoms. The molecule has 0 radical (unpaired) electrons. The first-order valence-corrected chi connectivity index (χ1v) is 9.57. The van der Waals surface area contributed by atoms with Crippen molar-refractivity contribution in [3.05, 3.63) is 70.6 Å². The van der Waals surface area contributed by atoms with Crippen LogP contribution in [0.3, 0.4) is 0 Å². The molecule has 0 aliphatic rings. The van der Waals surface area contributed by atoms with Crippen molar-refractivity contribution < 1.29 is 23.2 Å². The van der Waals surface area contributed by atoms with E-state index in [1.165, 1.54) is 13.2 Å². The van der Waals surface area contributed by atoms with Crippen molar-refractivity contribution in [2.24, 2.45) is 0 Å². The van der Waals surface area contributed by atoms with Gasteiger partial charge >= 0.3 is 0 Å². The van der Waals surface area contributed by atoms with Crippen molar-refractivity contribution in [1.29, 1.82) is 0 Å². The Morgan fingerprint density at radius 1 is 1.03 bits per heavy atom. The maximum absolute atomic E-state index is 12.5. The highest BCUT2D eigenvalue weighted by Gasteiger charge is 2.11. The maximum Gasteiger partial charge on any atom is 0.254 e. The fourth-order valence-corrected chi connectivity index (χ4v) is 3.10. The van der Waals surface area contributed by atoms with Crippen LogP contribution in [-0.2, 0) is 11.2 Å². The van der Waals surface area contributed by atoms with Crippen LogP contribution in [0.25, 0.3) is 22.3 Å². The molecule has 8 heteroatoms. The SMILES string of the molecule is COc1ccc(-c2cc(=O)c3ccc(NC(=O)CCc4cc(OC)no4)cc3o2)cc1. The average molecular weight is 420 g/mol. The molecule has 158 valence electrons. The Hall–Kier alpha value is -4.07. The van der Waals surface area contributed by atoms with Gasteiger partial charge in [0.25, 0.3) is 5.88 Å². The van der Waals surface area contributed by atoms with Crippen LogP contribution in [0, 0.1) is 0 Å². The molecule has 2 heterocycles. The third-order valence-corrected chi connectivity index (χ3v) is 4.73. The summed E-state index contributed by atoms with van der Waals surface area (Å²) in [6.07, 6.45) is 0.582. The van der Waals surface area contributed by atoms with Crippen LogP contribution in [0.4, 0.5) is 5.69 Å². The molecular formula is C23H20N2O6. The standard InChI is InChI=1S/C23H20N2O6/c1-28-16-6-3-14(4-7-16)20-13-19(26)18-9-5-15(11-21(18)30-20)24-22(27)10-8-17-12-23(29-2)25-31-17/h3-7,9,11-13H,8,10H2,1-2H3,(H,24,27). The Morgan fingerprint density at radius 2 is 1.84 bits per heavy atom. The van der Waals surface area contributed by atoms with E-state index in [-0.39, 0.29) is 17.8 Å². The second-order valence-corrected chi connectivity index (χ2v) is 6.80. The van der Waals surface area contributed by atoms with Gasteiger partial charge in [0.15, 0.2) is 5.43 Å². The van der Waals surface area contributed by atoms with Gasteiger partial charge in [-0.15, -0.1) is 0 Å². The topological polar surface area (TPSA) is 104 Å². The van der Waals surface area contributed by atoms with E-state index in [0.29, 0.717) is 46.2 Å². The predicted octanol–water partition coefficient (Wildman–Crippen LogP) is 4.04. The zero-order valence-electron chi connectivity index (χ0n) is 17.0. The molecular weight excluding hydrogens is 400 g/mol. The zero-order chi connectivity index (χ0) is 21.8. The van der Waals surface area contributed by atoms with Crippen molar-refractivity contribution in [3.8, 4) is 23.0 Å². The van der Waals surface area contributed by atoms with E-state index in [2.05, 4.69) is 10.5 Å². The molecule has 2 aromatic carbocycles. The Kier molecular flexibility index (Phi) is 5.70. The largest absolute Gasteiger partial charge is 0.497 e. The van der Waals surface area contributed by atoms with E-state index in [4.69, 9.17) is 18.4 Å². The normalized spacial score (nSPS) is 10.8. The van der Waals surface area contributed by atoms with Gasteiger partial charge in [-0.1, -0.05) is 0 Å². The Labute approximate surface area is 177 Å². The Morgan fingerprint density at radius 3 is 2.55 bits per heavy atom. The van der Waals surface area contributed by atoms with Gasteiger partial charge in [0, 0.05) is 42.3 Å². The molecule has 0 aliphatic carbocycles. The van der Waals surface area contributed by atoms with E-state index in [9.17, 15) is 9.59 Å². The summed E-state index contributed by atoms with van der Waals surface area (Å²) < 4.78 is 21.1. The Balaban J connectivity index is 1.51. The molecule has 0 fully saturated rings. The number of amides is 1. The predicted molar refractivity (Wildman–Crippen MR) is 114 cm³/mol. The van der Waals surface area contributed by atoms with Crippen LogP contribution < -0.4 is 20.2 Å². The second kappa shape index (κ2) is 8.74. The van der Waals surface area contributed by atoms with Crippen molar-refractivity contribution in [1.82, 2.24) is 5.16 Å². The van der Waals surface area contributed by atoms with Gasteiger partial charge in [0.2, 0.25) is 5.91 Å². The lowest BCUT2D eigenvalue weighted by Crippen LogP contribution is -2.12. The highest BCUT2D eigenvalue weighted by molar-refractivity contribution is 5.93. The number of aryl methyl sites for hydroxylation is 1. The molecule has 0 saturated carbocycles. The van der Waals surface area contributed by atoms with Gasteiger partial charge in [0.05, 0.1) is 19.6 Å². The lowest BCUT2D eigenvalue weighted by molar-refractivity contribution is -0.116. The van der Waals surface area contributed by atoms with E-state index in [1.807, 2.05) is 12.1 Å². The number of carbonyl (C=O) groups excluding carboxylic acids is 1. The number of nitrogens with zero attached hydrogens (tertiary/aromatic N) is 1. The molecule has 0 aliphatic heterocycles. The molecule has 0 unspecified atom stereocenters. The van der Waals surface area contributed by atoms with Crippen molar-refractivity contribution in [2.75, 3.05) is 19.5 Å². The summed E-state index contributed by atoms with van der Waals surface area (Å²) in [5.41, 5.74) is 1.50. The van der Waals surface area contributed by atoms with Gasteiger partial charge in [-0.05, 0) is 41.6 Å². The maximum atomic E-state index is 12.5. The number of carbonyl (C=O) groups is 1. The molecule has 0 spiro atoms. The summed E-state index contributed by atoms with van der Waals surface area (Å²) in [6, 6.07) is 15.2. The minimum Gasteiger partial charge on any atom is -0.497 e. The molecule has 4 rings (SSSR count). The number of methoxy groups -OCH3 is 2. The minimum absolute atomic E-state index is 0.163. The summed E-state index contributed by atoms with van der Waals surface area (Å²) in [7, 11) is 3.08. The quantitative estimate of drug-likeness (QED) is 0.481. The van der Waals surface area contributed by atoms with Crippen LogP contribution in [0.15, 0.2) is 68.3 Å². The van der Waals surface area contributed by atoms with Crippen molar-refractivity contribution >= 4 is 22.6 Å². The summed E-state index contributed by atoms with van der Waals surface area (Å²) in [5, 5.41) is 6.95. The van der Waals surface area contributed by atoms with E-state index in [0.717, 1.165) is 5.56 Å². The first-order valence-electron chi connectivity index (χ1n) is 9.57. The fraction of sp³-hybridized carbons (Fsp3) is 0.174. The van der Waals surface area contributed by atoms with E-state index in [1.54, 1.807) is 43.5 Å². The molecule has 4 aromatic rings. The zero-order valence-corrected chi connectivity index (χ0v) is 17.0. The second-order valence-electron chi connectivity index (χ2n) is 6.80. The molecule has 2 aromatic heterocycles. The monoisotopic (exact) mass is 420 g/mol. The highest BCUT2D eigenvalue weighted by atomic mass is 16.5. The molecule has 31 heavy (non-hydrogen) atoms. The van der Waals surface area contributed by atoms with Crippen LogP contribution >= 0.6 is 0 Å². The smallest absolute Gasteiger partial charge is 0.254 e. The van der Waals surface area contributed by atoms with Crippen molar-refractivity contribution in [3.63, 3.8) is 0 Å². The first-order chi connectivity index (χ1) is 15.1. The van der Waals surface area contributed by atoms with Crippen LogP contribution in [0.1, 0.15) is 12.2 Å². The van der Waals surface area contributed by atoms with Crippen LogP contribution in [-0.4, -0.2) is 25.3 Å². The lowest BCUT2D eigenvalue weighted by atomic mass is 10.1. The van der Waals surface area contributed by atoms with Gasteiger partial charge in [-0.2, -0.15) is 0 Å². The third-order valence-electron chi connectivity index (χ3n) is 4.73. The molecule has 0 saturated heterocycles. The molecule has 0 atom stereocenters. The Bertz CT molecular complexity index is 1270. The third kappa shape index (κ3) is 4.58. The molecule has 8 nitrogen and oxygen atoms in total. The summed E-state index contributed by atoms with van der Waals surface area (Å²) in [5.74, 6) is 1.86. The van der Waals surface area contributed by atoms with Gasteiger partial charge in [0.1, 0.15) is 22.9 Å². The molecule has 1 N–H and O–H groups in total. The number of benzene rings is 2. The van der Waals surface area contributed by atoms with E-state index < -0.39 is 0 Å². The number of hydrogen-bond donors (Lipinski definition) is 1. The summed E-state index contributed by atoms with van der Waals surface area (Å²) in [4.78, 5) is 24.8. The number of anilines is 1. The number of hydrogen-bond acceptors (Lipinski definition) is 7. The van der Waals surface area contributed by atoms with Gasteiger partial charge in [-0.25, -0.2) is 0 Å². The highest BCUT2D eigenvalue weighted by Crippen LogP contribution is 2.26. The number of fused-ring (bicyclic) bond motifs is 1. The number of rotatable bonds is 7. The number of ether oxygens (including phenoxy) is 2. The van der Waals surface area contributed by atoms with E-state index >= 15 is 0 Å². The van der Waals surface area contributed by atoms with Crippen LogP contribution in [0.5, 0.6) is 11.6 Å². The van der Waals surface area contributed by atoms with Crippen LogP contribution in [0.2, 0.25) is 0 Å².